The normalized spacial score (nSPS) is 15.2. The van der Waals surface area contributed by atoms with Crippen LogP contribution in [0.4, 0.5) is 0 Å². The summed E-state index contributed by atoms with van der Waals surface area (Å²) in [5.41, 5.74) is 0.903. The topological polar surface area (TPSA) is 12.9 Å². The number of rotatable bonds is 3. The number of pyridine rings is 1. The van der Waals surface area contributed by atoms with Crippen LogP contribution in [0.3, 0.4) is 0 Å². The van der Waals surface area contributed by atoms with Gasteiger partial charge in [-0.15, -0.1) is 0 Å². The van der Waals surface area contributed by atoms with Crippen molar-refractivity contribution < 1.29 is 0 Å². The average molecular weight is 297 g/mol. The van der Waals surface area contributed by atoms with Crippen LogP contribution in [-0.4, -0.2) is 9.81 Å². The van der Waals surface area contributed by atoms with Gasteiger partial charge in [-0.1, -0.05) is 53.0 Å². The molecule has 78 valence electrons. The fourth-order valence-electron chi connectivity index (χ4n) is 1.29. The highest BCUT2D eigenvalue weighted by Crippen LogP contribution is 2.31. The Hall–Kier alpha value is 0.210. The molecule has 2 atom stereocenters. The molecule has 4 heteroatoms. The molecule has 1 rings (SSSR count). The lowest BCUT2D eigenvalue weighted by Crippen LogP contribution is -2.09. The highest BCUT2D eigenvalue weighted by molar-refractivity contribution is 9.09. The summed E-state index contributed by atoms with van der Waals surface area (Å²) < 4.78 is 0. The fourth-order valence-corrected chi connectivity index (χ4v) is 2.09. The molecular formula is C10H12BrCl2N. The van der Waals surface area contributed by atoms with Gasteiger partial charge < -0.3 is 0 Å². The second-order valence-corrected chi connectivity index (χ2v) is 5.25. The number of nitrogens with zero attached hydrogens (tertiary/aromatic N) is 1. The number of halogens is 3. The molecule has 0 aliphatic carbocycles. The maximum Gasteiger partial charge on any atom is 0.0639 e. The zero-order valence-electron chi connectivity index (χ0n) is 8.10. The number of hydrogen-bond acceptors (Lipinski definition) is 1. The molecule has 0 bridgehead atoms. The second kappa shape index (κ2) is 5.34. The van der Waals surface area contributed by atoms with Gasteiger partial charge in [-0.3, -0.25) is 4.98 Å². The van der Waals surface area contributed by atoms with E-state index in [0.717, 1.165) is 12.1 Å². The van der Waals surface area contributed by atoms with Gasteiger partial charge in [0.2, 0.25) is 0 Å². The predicted molar refractivity (Wildman–Crippen MR) is 65.7 cm³/mol. The largest absolute Gasteiger partial charge is 0.258 e. The fraction of sp³-hybridized carbons (Fsp3) is 0.500. The van der Waals surface area contributed by atoms with Crippen molar-refractivity contribution in [3.63, 3.8) is 0 Å². The Kier molecular flexibility index (Phi) is 4.68. The van der Waals surface area contributed by atoms with E-state index in [2.05, 4.69) is 34.8 Å². The lowest BCUT2D eigenvalue weighted by Gasteiger charge is -2.17. The SMILES string of the molecule is CCC(Br)C(C)c1ncc(Cl)cc1Cl. The first-order chi connectivity index (χ1) is 6.56. The van der Waals surface area contributed by atoms with Gasteiger partial charge in [0.05, 0.1) is 15.7 Å². The van der Waals surface area contributed by atoms with Gasteiger partial charge in [0.15, 0.2) is 0 Å². The summed E-state index contributed by atoms with van der Waals surface area (Å²) in [4.78, 5) is 4.65. The minimum absolute atomic E-state index is 0.296. The molecule has 1 aromatic heterocycles. The number of alkyl halides is 1. The molecule has 0 saturated carbocycles. The Labute approximate surface area is 103 Å². The van der Waals surface area contributed by atoms with Crippen LogP contribution >= 0.6 is 39.1 Å². The molecule has 1 heterocycles. The molecule has 0 fully saturated rings. The predicted octanol–water partition coefficient (Wildman–Crippen LogP) is 4.67. The Balaban J connectivity index is 2.95. The Morgan fingerprint density at radius 1 is 1.50 bits per heavy atom. The van der Waals surface area contributed by atoms with Crippen LogP contribution < -0.4 is 0 Å². The van der Waals surface area contributed by atoms with E-state index in [9.17, 15) is 0 Å². The summed E-state index contributed by atoms with van der Waals surface area (Å²) in [5, 5.41) is 1.22. The minimum atomic E-state index is 0.296. The standard InChI is InChI=1S/C10H12BrCl2N/c1-3-8(11)6(2)10-9(13)4-7(12)5-14-10/h4-6,8H,3H2,1-2H3. The third-order valence-corrected chi connectivity index (χ3v) is 4.15. The molecule has 0 N–H and O–H groups in total. The van der Waals surface area contributed by atoms with Crippen LogP contribution in [0.15, 0.2) is 12.3 Å². The third kappa shape index (κ3) is 2.85. The molecular weight excluding hydrogens is 285 g/mol. The Morgan fingerprint density at radius 3 is 2.64 bits per heavy atom. The van der Waals surface area contributed by atoms with Gasteiger partial charge in [-0.2, -0.15) is 0 Å². The molecule has 0 saturated heterocycles. The van der Waals surface area contributed by atoms with E-state index in [4.69, 9.17) is 23.2 Å². The maximum atomic E-state index is 6.06. The van der Waals surface area contributed by atoms with Gasteiger partial charge in [-0.25, -0.2) is 0 Å². The van der Waals surface area contributed by atoms with Crippen LogP contribution in [0.5, 0.6) is 0 Å². The zero-order valence-corrected chi connectivity index (χ0v) is 11.2. The van der Waals surface area contributed by atoms with Crippen molar-refractivity contribution in [1.82, 2.24) is 4.98 Å². The summed E-state index contributed by atoms with van der Waals surface area (Å²) in [7, 11) is 0. The Morgan fingerprint density at radius 2 is 2.14 bits per heavy atom. The molecule has 0 aromatic carbocycles. The van der Waals surface area contributed by atoms with Gasteiger partial charge in [0.25, 0.3) is 0 Å². The smallest absolute Gasteiger partial charge is 0.0639 e. The highest BCUT2D eigenvalue weighted by atomic mass is 79.9. The molecule has 0 spiro atoms. The van der Waals surface area contributed by atoms with Crippen LogP contribution in [0.2, 0.25) is 10.0 Å². The molecule has 0 aliphatic heterocycles. The van der Waals surface area contributed by atoms with E-state index in [0.29, 0.717) is 20.8 Å². The summed E-state index contributed by atoms with van der Waals surface area (Å²) in [5.74, 6) is 0.296. The first kappa shape index (κ1) is 12.3. The van der Waals surface area contributed by atoms with Crippen molar-refractivity contribution in [3.05, 3.63) is 28.0 Å². The van der Waals surface area contributed by atoms with Crippen molar-refractivity contribution in [3.8, 4) is 0 Å². The lowest BCUT2D eigenvalue weighted by molar-refractivity contribution is 0.675. The van der Waals surface area contributed by atoms with Crippen LogP contribution in [0, 0.1) is 0 Å². The first-order valence-corrected chi connectivity index (χ1v) is 6.18. The molecule has 0 amide bonds. The average Bonchev–Trinajstić information content (AvgIpc) is 2.15. The monoisotopic (exact) mass is 295 g/mol. The lowest BCUT2D eigenvalue weighted by atomic mass is 10.0. The molecule has 1 aromatic rings. The van der Waals surface area contributed by atoms with Crippen molar-refractivity contribution in [2.45, 2.75) is 31.0 Å². The van der Waals surface area contributed by atoms with E-state index in [1.54, 1.807) is 12.3 Å². The molecule has 14 heavy (non-hydrogen) atoms. The number of aromatic nitrogens is 1. The van der Waals surface area contributed by atoms with Gasteiger partial charge in [-0.05, 0) is 12.5 Å². The maximum absolute atomic E-state index is 6.06. The third-order valence-electron chi connectivity index (χ3n) is 2.20. The summed E-state index contributed by atoms with van der Waals surface area (Å²) >= 11 is 15.4. The van der Waals surface area contributed by atoms with E-state index < -0.39 is 0 Å². The van der Waals surface area contributed by atoms with Crippen LogP contribution in [-0.2, 0) is 0 Å². The summed E-state index contributed by atoms with van der Waals surface area (Å²) in [6.07, 6.45) is 2.68. The summed E-state index contributed by atoms with van der Waals surface area (Å²) in [6, 6.07) is 1.73. The van der Waals surface area contributed by atoms with E-state index >= 15 is 0 Å². The summed E-state index contributed by atoms with van der Waals surface area (Å²) in [6.45, 7) is 4.23. The van der Waals surface area contributed by atoms with Crippen LogP contribution in [0.1, 0.15) is 31.9 Å². The van der Waals surface area contributed by atoms with Gasteiger partial charge in [0.1, 0.15) is 0 Å². The van der Waals surface area contributed by atoms with Crippen molar-refractivity contribution in [2.24, 2.45) is 0 Å². The first-order valence-electron chi connectivity index (χ1n) is 4.51. The van der Waals surface area contributed by atoms with Crippen molar-refractivity contribution in [2.75, 3.05) is 0 Å². The molecule has 0 radical (unpaired) electrons. The molecule has 1 nitrogen and oxygen atoms in total. The Bertz CT molecular complexity index is 317. The van der Waals surface area contributed by atoms with Crippen molar-refractivity contribution in [1.29, 1.82) is 0 Å². The molecule has 2 unspecified atom stereocenters. The highest BCUT2D eigenvalue weighted by Gasteiger charge is 2.18. The van der Waals surface area contributed by atoms with Crippen molar-refractivity contribution >= 4 is 39.1 Å². The quantitative estimate of drug-likeness (QED) is 0.739. The molecule has 0 aliphatic rings. The van der Waals surface area contributed by atoms with E-state index in [1.165, 1.54) is 0 Å². The zero-order chi connectivity index (χ0) is 10.7. The van der Waals surface area contributed by atoms with Crippen LogP contribution in [0.25, 0.3) is 0 Å². The van der Waals surface area contributed by atoms with E-state index in [-0.39, 0.29) is 0 Å². The van der Waals surface area contributed by atoms with Gasteiger partial charge >= 0.3 is 0 Å². The second-order valence-electron chi connectivity index (χ2n) is 3.23. The van der Waals surface area contributed by atoms with Gasteiger partial charge in [0, 0.05) is 16.9 Å². The minimum Gasteiger partial charge on any atom is -0.258 e. The van der Waals surface area contributed by atoms with E-state index in [1.807, 2.05) is 0 Å². The number of hydrogen-bond donors (Lipinski definition) is 0.